The molecular formula is C21H26ClN3O2. The molecule has 0 saturated heterocycles. The molecule has 0 radical (unpaired) electrons. The third kappa shape index (κ3) is 4.70. The van der Waals surface area contributed by atoms with Crippen LogP contribution in [0, 0.1) is 11.8 Å². The van der Waals surface area contributed by atoms with Crippen molar-refractivity contribution in [1.82, 2.24) is 15.5 Å². The van der Waals surface area contributed by atoms with Gasteiger partial charge in [0.05, 0.1) is 0 Å². The van der Waals surface area contributed by atoms with E-state index in [1.165, 1.54) is 32.1 Å². The molecule has 0 bridgehead atoms. The monoisotopic (exact) mass is 387 g/mol. The Balaban J connectivity index is 1.25. The van der Waals surface area contributed by atoms with Crippen LogP contribution in [-0.2, 0) is 11.2 Å². The molecule has 1 aromatic carbocycles. The summed E-state index contributed by atoms with van der Waals surface area (Å²) in [4.78, 5) is 16.7. The van der Waals surface area contributed by atoms with Crippen molar-refractivity contribution in [3.8, 4) is 11.4 Å². The number of aromatic nitrogens is 2. The van der Waals surface area contributed by atoms with Crippen LogP contribution in [0.5, 0.6) is 0 Å². The van der Waals surface area contributed by atoms with Gasteiger partial charge in [-0.05, 0) is 55.4 Å². The van der Waals surface area contributed by atoms with Gasteiger partial charge in [-0.2, -0.15) is 4.98 Å². The smallest absolute Gasteiger partial charge is 0.227 e. The van der Waals surface area contributed by atoms with E-state index in [1.807, 2.05) is 12.1 Å². The lowest BCUT2D eigenvalue weighted by atomic mass is 9.69. The fraction of sp³-hybridized carbons (Fsp3) is 0.571. The van der Waals surface area contributed by atoms with Crippen LogP contribution in [0.1, 0.15) is 57.3 Å². The first-order valence-corrected chi connectivity index (χ1v) is 10.4. The van der Waals surface area contributed by atoms with Gasteiger partial charge >= 0.3 is 0 Å². The molecule has 3 atom stereocenters. The molecule has 2 aromatic rings. The predicted octanol–water partition coefficient (Wildman–Crippen LogP) is 4.80. The average Bonchev–Trinajstić information content (AvgIpc) is 3.16. The largest absolute Gasteiger partial charge is 0.353 e. The summed E-state index contributed by atoms with van der Waals surface area (Å²) < 4.78 is 5.29. The molecule has 5 nitrogen and oxygen atoms in total. The van der Waals surface area contributed by atoms with Crippen molar-refractivity contribution in [1.29, 1.82) is 0 Å². The summed E-state index contributed by atoms with van der Waals surface area (Å²) in [7, 11) is 0. The lowest BCUT2D eigenvalue weighted by Gasteiger charge is -2.39. The number of rotatable bonds is 5. The highest BCUT2D eigenvalue weighted by Crippen LogP contribution is 2.40. The first-order valence-electron chi connectivity index (χ1n) is 10.1. The first kappa shape index (κ1) is 18.5. The Kier molecular flexibility index (Phi) is 5.77. The summed E-state index contributed by atoms with van der Waals surface area (Å²) in [6.45, 7) is 0. The minimum absolute atomic E-state index is 0.0838. The number of hydrogen-bond donors (Lipinski definition) is 1. The lowest BCUT2D eigenvalue weighted by molar-refractivity contribution is -0.122. The van der Waals surface area contributed by atoms with Gasteiger partial charge in [0.25, 0.3) is 0 Å². The van der Waals surface area contributed by atoms with Gasteiger partial charge in [-0.15, -0.1) is 0 Å². The van der Waals surface area contributed by atoms with Crippen molar-refractivity contribution in [2.45, 2.75) is 63.8 Å². The van der Waals surface area contributed by atoms with Crippen molar-refractivity contribution >= 4 is 17.5 Å². The fourth-order valence-corrected chi connectivity index (χ4v) is 4.72. The van der Waals surface area contributed by atoms with E-state index < -0.39 is 0 Å². The maximum Gasteiger partial charge on any atom is 0.227 e. The summed E-state index contributed by atoms with van der Waals surface area (Å²) in [6.07, 6.45) is 9.86. The minimum Gasteiger partial charge on any atom is -0.353 e. The molecule has 4 rings (SSSR count). The van der Waals surface area contributed by atoms with Crippen molar-refractivity contribution in [2.75, 3.05) is 0 Å². The van der Waals surface area contributed by atoms with Gasteiger partial charge in [-0.1, -0.05) is 42.4 Å². The average molecular weight is 388 g/mol. The van der Waals surface area contributed by atoms with Gasteiger partial charge in [0.15, 0.2) is 0 Å². The molecular weight excluding hydrogens is 362 g/mol. The van der Waals surface area contributed by atoms with Crippen LogP contribution in [0.2, 0.25) is 5.02 Å². The second-order valence-corrected chi connectivity index (χ2v) is 8.34. The molecule has 1 aromatic heterocycles. The lowest BCUT2D eigenvalue weighted by Crippen LogP contribution is -2.41. The van der Waals surface area contributed by atoms with Gasteiger partial charge in [-0.25, -0.2) is 0 Å². The van der Waals surface area contributed by atoms with E-state index >= 15 is 0 Å². The third-order valence-electron chi connectivity index (χ3n) is 6.04. The third-order valence-corrected chi connectivity index (χ3v) is 6.29. The van der Waals surface area contributed by atoms with Gasteiger partial charge < -0.3 is 9.84 Å². The summed E-state index contributed by atoms with van der Waals surface area (Å²) >= 11 is 5.90. The van der Waals surface area contributed by atoms with Crippen LogP contribution < -0.4 is 5.32 Å². The molecule has 2 saturated carbocycles. The zero-order chi connectivity index (χ0) is 18.6. The second-order valence-electron chi connectivity index (χ2n) is 7.90. The van der Waals surface area contributed by atoms with Gasteiger partial charge in [-0.3, -0.25) is 4.79 Å². The molecule has 0 unspecified atom stereocenters. The minimum atomic E-state index is 0.0838. The number of halogens is 1. The zero-order valence-electron chi connectivity index (χ0n) is 15.5. The molecule has 27 heavy (non-hydrogen) atoms. The number of fused-ring (bicyclic) bond motifs is 1. The standard InChI is InChI=1S/C21H26ClN3O2/c22-17-8-5-15(6-9-17)21-24-20(27-25-21)12-11-19(26)23-18-10-7-14-3-1-2-4-16(14)13-18/h5-6,8-9,14,16,18H,1-4,7,10-13H2,(H,23,26)/t14-,16-,18+/m0/s1. The van der Waals surface area contributed by atoms with Crippen LogP contribution in [0.3, 0.4) is 0 Å². The first-order chi connectivity index (χ1) is 13.2. The van der Waals surface area contributed by atoms with Crippen LogP contribution in [0.4, 0.5) is 0 Å². The number of nitrogens with one attached hydrogen (secondary N) is 1. The number of carbonyl (C=O) groups is 1. The number of amides is 1. The number of benzene rings is 1. The van der Waals surface area contributed by atoms with Gasteiger partial charge in [0.2, 0.25) is 17.6 Å². The van der Waals surface area contributed by atoms with E-state index in [4.69, 9.17) is 16.1 Å². The molecule has 6 heteroatoms. The quantitative estimate of drug-likeness (QED) is 0.800. The van der Waals surface area contributed by atoms with E-state index in [2.05, 4.69) is 15.5 Å². The van der Waals surface area contributed by atoms with Crippen molar-refractivity contribution < 1.29 is 9.32 Å². The number of aryl methyl sites for hydroxylation is 1. The maximum atomic E-state index is 12.3. The number of hydrogen-bond acceptors (Lipinski definition) is 4. The summed E-state index contributed by atoms with van der Waals surface area (Å²) in [5.41, 5.74) is 0.850. The van der Waals surface area contributed by atoms with E-state index in [9.17, 15) is 4.79 Å². The topological polar surface area (TPSA) is 68.0 Å². The normalized spacial score (nSPS) is 25.0. The Morgan fingerprint density at radius 2 is 1.89 bits per heavy atom. The van der Waals surface area contributed by atoms with E-state index in [0.29, 0.717) is 35.6 Å². The van der Waals surface area contributed by atoms with Crippen molar-refractivity contribution in [2.24, 2.45) is 11.8 Å². The maximum absolute atomic E-state index is 12.3. The van der Waals surface area contributed by atoms with Gasteiger partial charge in [0, 0.05) is 29.5 Å². The Hall–Kier alpha value is -1.88. The summed E-state index contributed by atoms with van der Waals surface area (Å²) in [5, 5.41) is 7.89. The van der Waals surface area contributed by atoms with Crippen LogP contribution >= 0.6 is 11.6 Å². The Morgan fingerprint density at radius 3 is 2.70 bits per heavy atom. The highest BCUT2D eigenvalue weighted by atomic mass is 35.5. The highest BCUT2D eigenvalue weighted by molar-refractivity contribution is 6.30. The molecule has 1 heterocycles. The summed E-state index contributed by atoms with van der Waals surface area (Å²) in [6, 6.07) is 7.63. The number of nitrogens with zero attached hydrogens (tertiary/aromatic N) is 2. The SMILES string of the molecule is O=C(CCc1nc(-c2ccc(Cl)cc2)no1)N[C@@H]1CC[C@@H]2CCCC[C@H]2C1. The number of carbonyl (C=O) groups excluding carboxylic acids is 1. The van der Waals surface area contributed by atoms with Crippen LogP contribution in [0.25, 0.3) is 11.4 Å². The molecule has 0 spiro atoms. The molecule has 144 valence electrons. The molecule has 0 aliphatic heterocycles. The van der Waals surface area contributed by atoms with E-state index in [-0.39, 0.29) is 5.91 Å². The highest BCUT2D eigenvalue weighted by Gasteiger charge is 2.32. The second kappa shape index (κ2) is 8.42. The van der Waals surface area contributed by atoms with Crippen molar-refractivity contribution in [3.63, 3.8) is 0 Å². The zero-order valence-corrected chi connectivity index (χ0v) is 16.3. The Morgan fingerprint density at radius 1 is 1.11 bits per heavy atom. The molecule has 2 aliphatic rings. The van der Waals surface area contributed by atoms with Crippen LogP contribution in [-0.4, -0.2) is 22.1 Å². The molecule has 1 amide bonds. The Labute approximate surface area is 164 Å². The fourth-order valence-electron chi connectivity index (χ4n) is 4.60. The van der Waals surface area contributed by atoms with Crippen molar-refractivity contribution in [3.05, 3.63) is 35.2 Å². The van der Waals surface area contributed by atoms with Gasteiger partial charge in [0.1, 0.15) is 0 Å². The molecule has 2 fully saturated rings. The predicted molar refractivity (Wildman–Crippen MR) is 104 cm³/mol. The molecule has 1 N–H and O–H groups in total. The summed E-state index contributed by atoms with van der Waals surface area (Å²) in [5.74, 6) is 2.82. The van der Waals surface area contributed by atoms with E-state index in [1.54, 1.807) is 12.1 Å². The van der Waals surface area contributed by atoms with Crippen LogP contribution in [0.15, 0.2) is 28.8 Å². The molecule has 2 aliphatic carbocycles. The van der Waals surface area contributed by atoms with E-state index in [0.717, 1.165) is 30.2 Å². The Bertz CT molecular complexity index is 774.